The largest absolute Gasteiger partial charge is 0.373 e. The van der Waals surface area contributed by atoms with Crippen molar-refractivity contribution in [2.45, 2.75) is 31.9 Å². The Bertz CT molecular complexity index is 992. The fraction of sp³-hybridized carbons (Fsp3) is 0.286. The summed E-state index contributed by atoms with van der Waals surface area (Å²) in [5.41, 5.74) is 2.56. The van der Waals surface area contributed by atoms with Gasteiger partial charge in [0.1, 0.15) is 11.5 Å². The van der Waals surface area contributed by atoms with E-state index in [9.17, 15) is 9.18 Å². The number of aromatic nitrogens is 3. The molecule has 0 spiro atoms. The lowest BCUT2D eigenvalue weighted by Crippen LogP contribution is -2.42. The molecule has 150 valence electrons. The lowest BCUT2D eigenvalue weighted by atomic mass is 9.98. The zero-order valence-electron chi connectivity index (χ0n) is 16.0. The van der Waals surface area contributed by atoms with Crippen LogP contribution in [0, 0.1) is 12.7 Å². The Morgan fingerprint density at radius 1 is 1.24 bits per heavy atom. The van der Waals surface area contributed by atoms with Crippen molar-refractivity contribution in [1.29, 1.82) is 0 Å². The van der Waals surface area contributed by atoms with Crippen LogP contribution < -0.4 is 10.6 Å². The highest BCUT2D eigenvalue weighted by molar-refractivity contribution is 5.90. The number of nitrogens with one attached hydrogen (secondary N) is 2. The van der Waals surface area contributed by atoms with Crippen LogP contribution in [0.4, 0.5) is 14.9 Å². The first-order valence-electron chi connectivity index (χ1n) is 9.50. The van der Waals surface area contributed by atoms with Crippen LogP contribution in [0.3, 0.4) is 0 Å². The van der Waals surface area contributed by atoms with Crippen LogP contribution in [0.5, 0.6) is 0 Å². The predicted molar refractivity (Wildman–Crippen MR) is 106 cm³/mol. The molecule has 1 aliphatic rings. The van der Waals surface area contributed by atoms with Crippen LogP contribution in [-0.2, 0) is 4.74 Å². The lowest BCUT2D eigenvalue weighted by molar-refractivity contribution is 0.00249. The highest BCUT2D eigenvalue weighted by Gasteiger charge is 2.25. The van der Waals surface area contributed by atoms with Gasteiger partial charge in [0.2, 0.25) is 0 Å². The highest BCUT2D eigenvalue weighted by Crippen LogP contribution is 2.28. The first-order chi connectivity index (χ1) is 14.1. The molecule has 0 radical (unpaired) electrons. The molecular formula is C21H22FN5O2. The Morgan fingerprint density at radius 3 is 2.83 bits per heavy atom. The van der Waals surface area contributed by atoms with E-state index in [2.05, 4.69) is 20.7 Å². The van der Waals surface area contributed by atoms with Crippen molar-refractivity contribution in [3.05, 3.63) is 72.1 Å². The summed E-state index contributed by atoms with van der Waals surface area (Å²) in [6.45, 7) is 2.35. The predicted octanol–water partition coefficient (Wildman–Crippen LogP) is 3.76. The maximum absolute atomic E-state index is 14.0. The molecule has 1 aliphatic heterocycles. The third kappa shape index (κ3) is 4.27. The van der Waals surface area contributed by atoms with E-state index >= 15 is 0 Å². The van der Waals surface area contributed by atoms with Gasteiger partial charge in [-0.1, -0.05) is 12.1 Å². The molecule has 0 unspecified atom stereocenters. The molecule has 0 aliphatic carbocycles. The van der Waals surface area contributed by atoms with Gasteiger partial charge >= 0.3 is 6.03 Å². The fourth-order valence-electron chi connectivity index (χ4n) is 3.48. The summed E-state index contributed by atoms with van der Waals surface area (Å²) in [4.78, 5) is 16.5. The molecule has 1 fully saturated rings. The summed E-state index contributed by atoms with van der Waals surface area (Å²) in [6.07, 6.45) is 6.35. The normalized spacial score (nSPS) is 19.0. The Morgan fingerprint density at radius 2 is 2.03 bits per heavy atom. The quantitative estimate of drug-likeness (QED) is 0.705. The molecule has 29 heavy (non-hydrogen) atoms. The Balaban J connectivity index is 1.40. The molecule has 1 saturated heterocycles. The molecule has 8 heteroatoms. The zero-order valence-corrected chi connectivity index (χ0v) is 16.0. The molecule has 2 atom stereocenters. The summed E-state index contributed by atoms with van der Waals surface area (Å²) < 4.78 is 21.3. The molecule has 4 rings (SSSR count). The van der Waals surface area contributed by atoms with Crippen LogP contribution in [0.1, 0.15) is 30.2 Å². The number of hydrogen-bond acceptors (Lipinski definition) is 4. The molecule has 0 bridgehead atoms. The number of carbonyl (C=O) groups is 1. The van der Waals surface area contributed by atoms with Crippen LogP contribution in [0.25, 0.3) is 5.69 Å². The molecule has 3 aromatic rings. The monoisotopic (exact) mass is 395 g/mol. The first kappa shape index (κ1) is 19.1. The summed E-state index contributed by atoms with van der Waals surface area (Å²) >= 11 is 0. The van der Waals surface area contributed by atoms with Crippen molar-refractivity contribution >= 4 is 11.7 Å². The third-order valence-electron chi connectivity index (χ3n) is 5.04. The number of pyridine rings is 1. The van der Waals surface area contributed by atoms with Gasteiger partial charge in [-0.25, -0.2) is 13.9 Å². The van der Waals surface area contributed by atoms with E-state index < -0.39 is 0 Å². The molecular weight excluding hydrogens is 373 g/mol. The van der Waals surface area contributed by atoms with E-state index in [0.717, 1.165) is 12.0 Å². The minimum atomic E-state index is -0.376. The number of para-hydroxylation sites is 1. The van der Waals surface area contributed by atoms with E-state index in [1.54, 1.807) is 37.5 Å². The number of urea groups is 1. The van der Waals surface area contributed by atoms with Gasteiger partial charge in [0.15, 0.2) is 0 Å². The van der Waals surface area contributed by atoms with E-state index in [4.69, 9.17) is 4.74 Å². The third-order valence-corrected chi connectivity index (χ3v) is 5.04. The summed E-state index contributed by atoms with van der Waals surface area (Å²) in [7, 11) is 0. The number of rotatable bonds is 4. The van der Waals surface area contributed by atoms with Crippen molar-refractivity contribution in [2.75, 3.05) is 11.9 Å². The van der Waals surface area contributed by atoms with Gasteiger partial charge in [-0.2, -0.15) is 5.10 Å². The average molecular weight is 395 g/mol. The van der Waals surface area contributed by atoms with Crippen LogP contribution in [0.15, 0.2) is 55.0 Å². The molecule has 2 amide bonds. The number of ether oxygens (including phenoxy) is 1. The average Bonchev–Trinajstić information content (AvgIpc) is 3.09. The van der Waals surface area contributed by atoms with Crippen molar-refractivity contribution < 1.29 is 13.9 Å². The van der Waals surface area contributed by atoms with Crippen molar-refractivity contribution in [1.82, 2.24) is 20.1 Å². The maximum atomic E-state index is 14.0. The smallest absolute Gasteiger partial charge is 0.319 e. The number of halogens is 1. The molecule has 7 nitrogen and oxygen atoms in total. The first-order valence-corrected chi connectivity index (χ1v) is 9.50. The van der Waals surface area contributed by atoms with Crippen molar-refractivity contribution in [2.24, 2.45) is 0 Å². The van der Waals surface area contributed by atoms with Gasteiger partial charge in [-0.3, -0.25) is 4.98 Å². The van der Waals surface area contributed by atoms with Gasteiger partial charge in [0.05, 0.1) is 23.7 Å². The van der Waals surface area contributed by atoms with E-state index in [0.29, 0.717) is 30.1 Å². The second-order valence-electron chi connectivity index (χ2n) is 6.97. The molecule has 2 aromatic heterocycles. The van der Waals surface area contributed by atoms with Crippen LogP contribution in [-0.4, -0.2) is 33.4 Å². The standard InChI is InChI=1S/C21H22FN5O2/c1-14-18(13-24-27(14)19-5-3-2-4-17(19)22)26-21(28)25-16-8-11-29-20(12-16)15-6-9-23-10-7-15/h2-7,9-10,13,16,20H,8,11-12H2,1H3,(H2,25,26,28)/t16-,20+/m1/s1. The van der Waals surface area contributed by atoms with Crippen molar-refractivity contribution in [3.8, 4) is 5.69 Å². The number of carbonyl (C=O) groups excluding carboxylic acids is 1. The number of anilines is 1. The van der Waals surface area contributed by atoms with E-state index in [-0.39, 0.29) is 24.0 Å². The summed E-state index contributed by atoms with van der Waals surface area (Å²) in [6, 6.07) is 9.90. The molecule has 1 aromatic carbocycles. The second kappa shape index (κ2) is 8.40. The second-order valence-corrected chi connectivity index (χ2v) is 6.97. The Hall–Kier alpha value is -3.26. The minimum absolute atomic E-state index is 0.0103. The number of hydrogen-bond donors (Lipinski definition) is 2. The van der Waals surface area contributed by atoms with Gasteiger partial charge in [-0.15, -0.1) is 0 Å². The Kier molecular flexibility index (Phi) is 5.53. The van der Waals surface area contributed by atoms with Crippen LogP contribution in [0.2, 0.25) is 0 Å². The van der Waals surface area contributed by atoms with Crippen molar-refractivity contribution in [3.63, 3.8) is 0 Å². The van der Waals surface area contributed by atoms with Crippen LogP contribution >= 0.6 is 0 Å². The highest BCUT2D eigenvalue weighted by atomic mass is 19.1. The fourth-order valence-corrected chi connectivity index (χ4v) is 3.48. The van der Waals surface area contributed by atoms with Gasteiger partial charge in [0, 0.05) is 25.0 Å². The lowest BCUT2D eigenvalue weighted by Gasteiger charge is -2.30. The maximum Gasteiger partial charge on any atom is 0.319 e. The van der Waals surface area contributed by atoms with Gasteiger partial charge < -0.3 is 15.4 Å². The number of benzene rings is 1. The molecule has 2 N–H and O–H groups in total. The van der Waals surface area contributed by atoms with Gasteiger partial charge in [0.25, 0.3) is 0 Å². The van der Waals surface area contributed by atoms with Gasteiger partial charge in [-0.05, 0) is 49.6 Å². The zero-order chi connectivity index (χ0) is 20.2. The van der Waals surface area contributed by atoms with E-state index in [1.807, 2.05) is 12.1 Å². The Labute approximate surface area is 167 Å². The number of nitrogens with zero attached hydrogens (tertiary/aromatic N) is 3. The molecule has 3 heterocycles. The van der Waals surface area contributed by atoms with E-state index in [1.165, 1.54) is 16.9 Å². The summed E-state index contributed by atoms with van der Waals surface area (Å²) in [5.74, 6) is -0.376. The summed E-state index contributed by atoms with van der Waals surface area (Å²) in [5, 5.41) is 10.0. The SMILES string of the molecule is Cc1c(NC(=O)N[C@@H]2CCO[C@H](c3ccncc3)C2)cnn1-c1ccccc1F. The topological polar surface area (TPSA) is 81.1 Å². The minimum Gasteiger partial charge on any atom is -0.373 e. The number of amides is 2. The molecule has 0 saturated carbocycles.